The van der Waals surface area contributed by atoms with E-state index in [0.29, 0.717) is 0 Å². The van der Waals surface area contributed by atoms with Gasteiger partial charge >= 0.3 is 0 Å². The molecule has 0 unspecified atom stereocenters. The largest absolute Gasteiger partial charge is 0.319 e. The number of aromatic nitrogens is 1. The third-order valence-electron chi connectivity index (χ3n) is 3.29. The molecule has 2 N–H and O–H groups in total. The van der Waals surface area contributed by atoms with Crippen LogP contribution >= 0.6 is 11.3 Å². The summed E-state index contributed by atoms with van der Waals surface area (Å²) in [6.45, 7) is 2.11. The zero-order chi connectivity index (χ0) is 10.5. The molecule has 1 fully saturated rings. The van der Waals surface area contributed by atoms with Crippen LogP contribution < -0.4 is 5.73 Å². The first-order chi connectivity index (χ1) is 7.19. The minimum atomic E-state index is -0.115. The fraction of sp³-hybridized carbons (Fsp3) is 0.417. The molecule has 0 amide bonds. The normalized spacial score (nSPS) is 19.1. The third-order valence-corrected chi connectivity index (χ3v) is 4.53. The van der Waals surface area contributed by atoms with E-state index in [1.54, 1.807) is 11.3 Å². The Balaban J connectivity index is 2.18. The number of hydrogen-bond donors (Lipinski definition) is 1. The number of hydrogen-bond acceptors (Lipinski definition) is 3. The van der Waals surface area contributed by atoms with Crippen LogP contribution in [0.25, 0.3) is 10.2 Å². The minimum Gasteiger partial charge on any atom is -0.319 e. The lowest BCUT2D eigenvalue weighted by Crippen LogP contribution is -2.43. The highest BCUT2D eigenvalue weighted by atomic mass is 32.1. The first-order valence-electron chi connectivity index (χ1n) is 5.35. The van der Waals surface area contributed by atoms with Crippen molar-refractivity contribution < 1.29 is 0 Å². The van der Waals surface area contributed by atoms with Gasteiger partial charge < -0.3 is 5.73 Å². The number of nitrogens with zero attached hydrogens (tertiary/aromatic N) is 1. The zero-order valence-electron chi connectivity index (χ0n) is 8.79. The number of thiazole rings is 1. The highest BCUT2D eigenvalue weighted by Crippen LogP contribution is 2.42. The molecule has 2 aromatic rings. The molecule has 78 valence electrons. The zero-order valence-corrected chi connectivity index (χ0v) is 9.60. The summed E-state index contributed by atoms with van der Waals surface area (Å²) in [5, 5.41) is 1.12. The minimum absolute atomic E-state index is 0.115. The van der Waals surface area contributed by atoms with Crippen LogP contribution in [0.2, 0.25) is 0 Å². The molecule has 3 heteroatoms. The van der Waals surface area contributed by atoms with Gasteiger partial charge in [-0.2, -0.15) is 0 Å². The second-order valence-corrected chi connectivity index (χ2v) is 5.48. The van der Waals surface area contributed by atoms with Gasteiger partial charge in [-0.1, -0.05) is 12.1 Å². The Morgan fingerprint density at radius 1 is 1.40 bits per heavy atom. The molecule has 0 bridgehead atoms. The summed E-state index contributed by atoms with van der Waals surface area (Å²) in [4.78, 5) is 4.70. The molecule has 2 nitrogen and oxygen atoms in total. The summed E-state index contributed by atoms with van der Waals surface area (Å²) in [5.74, 6) is 0. The van der Waals surface area contributed by atoms with Crippen LogP contribution in [0.4, 0.5) is 0 Å². The van der Waals surface area contributed by atoms with Gasteiger partial charge in [-0.25, -0.2) is 4.98 Å². The van der Waals surface area contributed by atoms with Gasteiger partial charge in [0, 0.05) is 0 Å². The standard InChI is InChI=1S/C12H14N2S/c1-8-4-2-5-9-10(8)14-11(15-9)12(13)6-3-7-12/h2,4-5H,3,6-7,13H2,1H3. The van der Waals surface area contributed by atoms with E-state index in [-0.39, 0.29) is 5.54 Å². The van der Waals surface area contributed by atoms with E-state index in [0.717, 1.165) is 23.4 Å². The van der Waals surface area contributed by atoms with Crippen molar-refractivity contribution in [3.63, 3.8) is 0 Å². The van der Waals surface area contributed by atoms with Crippen LogP contribution in [-0.4, -0.2) is 4.98 Å². The smallest absolute Gasteiger partial charge is 0.114 e. The number of benzene rings is 1. The molecule has 0 saturated heterocycles. The van der Waals surface area contributed by atoms with Crippen molar-refractivity contribution in [2.45, 2.75) is 31.7 Å². The van der Waals surface area contributed by atoms with Gasteiger partial charge in [-0.05, 0) is 37.8 Å². The monoisotopic (exact) mass is 218 g/mol. The van der Waals surface area contributed by atoms with Crippen LogP contribution in [0, 0.1) is 6.92 Å². The summed E-state index contributed by atoms with van der Waals surface area (Å²) in [5.41, 5.74) is 8.55. The number of nitrogens with two attached hydrogens (primary N) is 1. The second kappa shape index (κ2) is 3.03. The van der Waals surface area contributed by atoms with Crippen molar-refractivity contribution in [3.05, 3.63) is 28.8 Å². The summed E-state index contributed by atoms with van der Waals surface area (Å²) in [7, 11) is 0. The van der Waals surface area contributed by atoms with E-state index >= 15 is 0 Å². The molecule has 1 aliphatic rings. The molecule has 15 heavy (non-hydrogen) atoms. The Labute approximate surface area is 93.1 Å². The molecular weight excluding hydrogens is 204 g/mol. The summed E-state index contributed by atoms with van der Waals surface area (Å²) in [6.07, 6.45) is 3.42. The van der Waals surface area contributed by atoms with Gasteiger partial charge in [0.15, 0.2) is 0 Å². The van der Waals surface area contributed by atoms with Crippen LogP contribution in [0.3, 0.4) is 0 Å². The molecule has 1 aromatic heterocycles. The molecule has 3 rings (SSSR count). The van der Waals surface area contributed by atoms with Gasteiger partial charge in [-0.15, -0.1) is 11.3 Å². The van der Waals surface area contributed by atoms with Gasteiger partial charge in [0.05, 0.1) is 15.8 Å². The maximum absolute atomic E-state index is 6.29. The molecule has 0 atom stereocenters. The van der Waals surface area contributed by atoms with E-state index < -0.39 is 0 Å². The first-order valence-corrected chi connectivity index (χ1v) is 6.16. The fourth-order valence-electron chi connectivity index (χ4n) is 2.07. The van der Waals surface area contributed by atoms with Gasteiger partial charge in [0.1, 0.15) is 5.01 Å². The van der Waals surface area contributed by atoms with E-state index in [1.165, 1.54) is 16.7 Å². The lowest BCUT2D eigenvalue weighted by molar-refractivity contribution is 0.253. The number of rotatable bonds is 1. The molecule has 0 radical (unpaired) electrons. The predicted octanol–water partition coefficient (Wildman–Crippen LogP) is 2.94. The van der Waals surface area contributed by atoms with Gasteiger partial charge in [0.2, 0.25) is 0 Å². The highest BCUT2D eigenvalue weighted by molar-refractivity contribution is 7.18. The molecule has 1 heterocycles. The maximum Gasteiger partial charge on any atom is 0.114 e. The van der Waals surface area contributed by atoms with E-state index in [4.69, 9.17) is 10.7 Å². The van der Waals surface area contributed by atoms with Crippen LogP contribution in [0.1, 0.15) is 29.8 Å². The van der Waals surface area contributed by atoms with Gasteiger partial charge in [0.25, 0.3) is 0 Å². The summed E-state index contributed by atoms with van der Waals surface area (Å²) >= 11 is 1.76. The third kappa shape index (κ3) is 1.30. The van der Waals surface area contributed by atoms with Crippen LogP contribution in [0.5, 0.6) is 0 Å². The van der Waals surface area contributed by atoms with E-state index in [9.17, 15) is 0 Å². The average molecular weight is 218 g/mol. The second-order valence-electron chi connectivity index (χ2n) is 4.45. The summed E-state index contributed by atoms with van der Waals surface area (Å²) in [6, 6.07) is 6.32. The molecule has 1 aromatic carbocycles. The van der Waals surface area contributed by atoms with Crippen LogP contribution in [-0.2, 0) is 5.54 Å². The Bertz CT molecular complexity index is 511. The number of para-hydroxylation sites is 1. The van der Waals surface area contributed by atoms with Crippen molar-refractivity contribution in [2.75, 3.05) is 0 Å². The molecule has 1 aliphatic carbocycles. The average Bonchev–Trinajstić information content (AvgIpc) is 2.59. The number of fused-ring (bicyclic) bond motifs is 1. The Morgan fingerprint density at radius 3 is 2.80 bits per heavy atom. The van der Waals surface area contributed by atoms with Crippen molar-refractivity contribution in [1.82, 2.24) is 4.98 Å². The summed E-state index contributed by atoms with van der Waals surface area (Å²) < 4.78 is 1.27. The van der Waals surface area contributed by atoms with E-state index in [1.807, 2.05) is 0 Å². The topological polar surface area (TPSA) is 38.9 Å². The Hall–Kier alpha value is -0.930. The molecule has 0 spiro atoms. The maximum atomic E-state index is 6.29. The number of aryl methyl sites for hydroxylation is 1. The quantitative estimate of drug-likeness (QED) is 0.799. The lowest BCUT2D eigenvalue weighted by Gasteiger charge is -2.35. The Morgan fingerprint density at radius 2 is 2.20 bits per heavy atom. The highest BCUT2D eigenvalue weighted by Gasteiger charge is 2.37. The molecule has 0 aliphatic heterocycles. The van der Waals surface area contributed by atoms with Crippen molar-refractivity contribution >= 4 is 21.6 Å². The fourth-order valence-corrected chi connectivity index (χ4v) is 3.27. The van der Waals surface area contributed by atoms with Crippen molar-refractivity contribution in [2.24, 2.45) is 5.73 Å². The van der Waals surface area contributed by atoms with Crippen LogP contribution in [0.15, 0.2) is 18.2 Å². The van der Waals surface area contributed by atoms with Crippen molar-refractivity contribution in [1.29, 1.82) is 0 Å². The molecular formula is C12H14N2S. The first kappa shape index (κ1) is 9.31. The van der Waals surface area contributed by atoms with Crippen molar-refractivity contribution in [3.8, 4) is 0 Å². The predicted molar refractivity (Wildman–Crippen MR) is 64.1 cm³/mol. The molecule has 1 saturated carbocycles. The Kier molecular flexibility index (Phi) is 1.88. The SMILES string of the molecule is Cc1cccc2sc(C3(N)CCC3)nc12. The van der Waals surface area contributed by atoms with Gasteiger partial charge in [-0.3, -0.25) is 0 Å². The lowest BCUT2D eigenvalue weighted by atomic mass is 9.78. The van der Waals surface area contributed by atoms with E-state index in [2.05, 4.69) is 25.1 Å².